The zero-order valence-electron chi connectivity index (χ0n) is 10.4. The van der Waals surface area contributed by atoms with E-state index < -0.39 is 0 Å². The highest BCUT2D eigenvalue weighted by molar-refractivity contribution is 9.10. The Morgan fingerprint density at radius 3 is 2.80 bits per heavy atom. The minimum absolute atomic E-state index is 0.796. The topological polar surface area (TPSA) is 12.9 Å². The summed E-state index contributed by atoms with van der Waals surface area (Å²) in [5.41, 5.74) is 4.78. The fraction of sp³-hybridized carbons (Fsp3) is 0.0625. The first-order valence-electron chi connectivity index (χ1n) is 6.26. The monoisotopic (exact) mass is 361 g/mol. The minimum Gasteiger partial charge on any atom is -0.236 e. The lowest BCUT2D eigenvalue weighted by atomic mass is 10.1. The van der Waals surface area contributed by atoms with E-state index in [0.717, 1.165) is 32.2 Å². The zero-order valence-corrected chi connectivity index (χ0v) is 13.5. The summed E-state index contributed by atoms with van der Waals surface area (Å²) >= 11 is 11.4. The predicted octanol–water partition coefficient (Wildman–Crippen LogP) is 5.80. The third-order valence-corrected chi connectivity index (χ3v) is 5.49. The van der Waals surface area contributed by atoms with Gasteiger partial charge in [-0.1, -0.05) is 51.8 Å². The molecule has 0 N–H and O–H groups in total. The van der Waals surface area contributed by atoms with Crippen LogP contribution in [0.3, 0.4) is 0 Å². The molecule has 0 amide bonds. The first kappa shape index (κ1) is 12.6. The highest BCUT2D eigenvalue weighted by Gasteiger charge is 2.24. The van der Waals surface area contributed by atoms with Crippen molar-refractivity contribution in [3.63, 3.8) is 0 Å². The number of fused-ring (bicyclic) bond motifs is 3. The van der Waals surface area contributed by atoms with Crippen LogP contribution in [-0.4, -0.2) is 4.98 Å². The quantitative estimate of drug-likeness (QED) is 0.417. The maximum absolute atomic E-state index is 6.06. The van der Waals surface area contributed by atoms with E-state index in [9.17, 15) is 0 Å². The highest BCUT2D eigenvalue weighted by atomic mass is 79.9. The molecule has 0 bridgehead atoms. The predicted molar refractivity (Wildman–Crippen MR) is 88.5 cm³/mol. The van der Waals surface area contributed by atoms with Crippen LogP contribution in [0.15, 0.2) is 46.9 Å². The van der Waals surface area contributed by atoms with Gasteiger partial charge in [-0.2, -0.15) is 0 Å². The number of halogens is 2. The Balaban J connectivity index is 1.85. The number of hydrogen-bond donors (Lipinski definition) is 0. The molecule has 1 aliphatic rings. The largest absolute Gasteiger partial charge is 0.236 e. The van der Waals surface area contributed by atoms with Crippen LogP contribution in [0.4, 0.5) is 0 Å². The van der Waals surface area contributed by atoms with Crippen molar-refractivity contribution in [3.8, 4) is 21.8 Å². The van der Waals surface area contributed by atoms with Crippen LogP contribution in [0.5, 0.6) is 0 Å². The molecule has 0 atom stereocenters. The van der Waals surface area contributed by atoms with Crippen molar-refractivity contribution in [2.45, 2.75) is 6.42 Å². The second kappa shape index (κ2) is 4.69. The van der Waals surface area contributed by atoms with E-state index >= 15 is 0 Å². The Morgan fingerprint density at radius 2 is 1.95 bits per heavy atom. The first-order chi connectivity index (χ1) is 9.72. The van der Waals surface area contributed by atoms with Gasteiger partial charge in [-0.15, -0.1) is 11.3 Å². The van der Waals surface area contributed by atoms with E-state index in [-0.39, 0.29) is 0 Å². The van der Waals surface area contributed by atoms with E-state index in [4.69, 9.17) is 16.6 Å². The van der Waals surface area contributed by atoms with Crippen molar-refractivity contribution in [1.29, 1.82) is 0 Å². The van der Waals surface area contributed by atoms with Gasteiger partial charge in [0.25, 0.3) is 0 Å². The van der Waals surface area contributed by atoms with Gasteiger partial charge in [0.05, 0.1) is 5.69 Å². The van der Waals surface area contributed by atoms with Crippen molar-refractivity contribution in [3.05, 3.63) is 62.4 Å². The Morgan fingerprint density at radius 1 is 1.10 bits per heavy atom. The molecule has 0 spiro atoms. The average Bonchev–Trinajstić information content (AvgIpc) is 2.96. The smallest absolute Gasteiger partial charge is 0.125 e. The normalized spacial score (nSPS) is 12.3. The third-order valence-electron chi connectivity index (χ3n) is 3.48. The van der Waals surface area contributed by atoms with Crippen molar-refractivity contribution in [2.75, 3.05) is 0 Å². The van der Waals surface area contributed by atoms with Gasteiger partial charge in [-0.05, 0) is 23.8 Å². The number of aromatic nitrogens is 1. The zero-order chi connectivity index (χ0) is 13.7. The van der Waals surface area contributed by atoms with E-state index in [2.05, 4.69) is 34.1 Å². The van der Waals surface area contributed by atoms with Crippen LogP contribution in [0.2, 0.25) is 5.02 Å². The molecule has 1 nitrogen and oxygen atoms in total. The SMILES string of the molecule is Clc1ccc2c(c1)Cc1sc(-c3ccccc3Br)nc1-2. The lowest BCUT2D eigenvalue weighted by Crippen LogP contribution is -1.82. The molecule has 1 aliphatic carbocycles. The molecule has 0 unspecified atom stereocenters. The van der Waals surface area contributed by atoms with Crippen LogP contribution < -0.4 is 0 Å². The fourth-order valence-electron chi connectivity index (χ4n) is 2.54. The van der Waals surface area contributed by atoms with Gasteiger partial charge in [-0.3, -0.25) is 0 Å². The van der Waals surface area contributed by atoms with E-state index in [0.29, 0.717) is 0 Å². The maximum Gasteiger partial charge on any atom is 0.125 e. The second-order valence-corrected chi connectivity index (χ2v) is 7.12. The summed E-state index contributed by atoms with van der Waals surface area (Å²) in [6.45, 7) is 0. The summed E-state index contributed by atoms with van der Waals surface area (Å²) < 4.78 is 1.09. The number of rotatable bonds is 1. The average molecular weight is 363 g/mol. The minimum atomic E-state index is 0.796. The Labute approximate surface area is 134 Å². The van der Waals surface area contributed by atoms with Gasteiger partial charge < -0.3 is 0 Å². The van der Waals surface area contributed by atoms with Gasteiger partial charge in [0.15, 0.2) is 0 Å². The molecule has 20 heavy (non-hydrogen) atoms. The van der Waals surface area contributed by atoms with Crippen molar-refractivity contribution >= 4 is 38.9 Å². The molecule has 0 radical (unpaired) electrons. The van der Waals surface area contributed by atoms with Gasteiger partial charge in [0.1, 0.15) is 5.01 Å². The molecule has 98 valence electrons. The van der Waals surface area contributed by atoms with Crippen LogP contribution in [0, 0.1) is 0 Å². The molecule has 0 saturated heterocycles. The summed E-state index contributed by atoms with van der Waals surface area (Å²) in [7, 11) is 0. The number of thiazole rings is 1. The lowest BCUT2D eigenvalue weighted by molar-refractivity contribution is 1.31. The van der Waals surface area contributed by atoms with Gasteiger partial charge in [0, 0.05) is 31.9 Å². The summed E-state index contributed by atoms with van der Waals surface area (Å²) in [5.74, 6) is 0. The number of benzene rings is 2. The Kier molecular flexibility index (Phi) is 2.95. The Bertz CT molecular complexity index is 825. The van der Waals surface area contributed by atoms with Gasteiger partial charge in [0.2, 0.25) is 0 Å². The molecular weight excluding hydrogens is 354 g/mol. The van der Waals surface area contributed by atoms with E-state index in [1.54, 1.807) is 11.3 Å². The lowest BCUT2D eigenvalue weighted by Gasteiger charge is -2.01. The van der Waals surface area contributed by atoms with E-state index in [1.807, 2.05) is 24.3 Å². The van der Waals surface area contributed by atoms with Crippen LogP contribution in [-0.2, 0) is 6.42 Å². The van der Waals surface area contributed by atoms with Crippen LogP contribution >= 0.6 is 38.9 Å². The molecule has 0 aliphatic heterocycles. The summed E-state index contributed by atoms with van der Waals surface area (Å²) in [4.78, 5) is 6.17. The summed E-state index contributed by atoms with van der Waals surface area (Å²) in [6, 6.07) is 14.3. The molecule has 0 fully saturated rings. The van der Waals surface area contributed by atoms with Crippen LogP contribution in [0.25, 0.3) is 21.8 Å². The molecular formula is C16H9BrClNS. The van der Waals surface area contributed by atoms with Crippen molar-refractivity contribution < 1.29 is 0 Å². The molecule has 4 heteroatoms. The molecule has 1 aromatic heterocycles. The molecule has 2 aromatic carbocycles. The molecule has 0 saturated carbocycles. The molecule has 1 heterocycles. The highest BCUT2D eigenvalue weighted by Crippen LogP contribution is 2.43. The van der Waals surface area contributed by atoms with Crippen molar-refractivity contribution in [2.24, 2.45) is 0 Å². The van der Waals surface area contributed by atoms with Gasteiger partial charge >= 0.3 is 0 Å². The van der Waals surface area contributed by atoms with Crippen molar-refractivity contribution in [1.82, 2.24) is 4.98 Å². The number of nitrogens with zero attached hydrogens (tertiary/aromatic N) is 1. The standard InChI is InChI=1S/C16H9BrClNS/c17-13-4-2-1-3-12(13)16-19-15-11-6-5-10(18)7-9(11)8-14(15)20-16/h1-7H,8H2. The molecule has 4 rings (SSSR count). The summed E-state index contributed by atoms with van der Waals surface area (Å²) in [5, 5.41) is 1.87. The third kappa shape index (κ3) is 1.93. The van der Waals surface area contributed by atoms with Crippen LogP contribution in [0.1, 0.15) is 10.4 Å². The fourth-order valence-corrected chi connectivity index (χ4v) is 4.48. The van der Waals surface area contributed by atoms with Gasteiger partial charge in [-0.25, -0.2) is 4.98 Å². The second-order valence-electron chi connectivity index (χ2n) is 4.75. The Hall–Kier alpha value is -1.16. The summed E-state index contributed by atoms with van der Waals surface area (Å²) in [6.07, 6.45) is 0.938. The molecule has 3 aromatic rings. The maximum atomic E-state index is 6.06. The number of hydrogen-bond acceptors (Lipinski definition) is 2. The van der Waals surface area contributed by atoms with E-state index in [1.165, 1.54) is 16.0 Å². The first-order valence-corrected chi connectivity index (χ1v) is 8.24.